The first-order chi connectivity index (χ1) is 7.81. The van der Waals surface area contributed by atoms with Crippen molar-refractivity contribution < 1.29 is 5.11 Å². The van der Waals surface area contributed by atoms with Gasteiger partial charge >= 0.3 is 0 Å². The molecule has 1 aliphatic rings. The Morgan fingerprint density at radius 3 is 3.00 bits per heavy atom. The van der Waals surface area contributed by atoms with Crippen LogP contribution in [0, 0.1) is 6.92 Å². The third-order valence-corrected chi connectivity index (χ3v) is 3.15. The van der Waals surface area contributed by atoms with Gasteiger partial charge in [-0.15, -0.1) is 5.10 Å². The highest BCUT2D eigenvalue weighted by molar-refractivity contribution is 5.39. The van der Waals surface area contributed by atoms with E-state index in [-0.39, 0.29) is 6.61 Å². The predicted octanol–water partition coefficient (Wildman–Crippen LogP) is 1.53. The van der Waals surface area contributed by atoms with Gasteiger partial charge in [0.25, 0.3) is 0 Å². The molecule has 16 heavy (non-hydrogen) atoms. The second-order valence-electron chi connectivity index (χ2n) is 4.39. The standard InChI is InChI=1S/C12H19N3O/c1-10-6-7-12(14-13-10)15-8-2-4-11(15)5-3-9-16/h6-7,11,16H,2-5,8-9H2,1H3. The molecule has 0 aliphatic carbocycles. The molecule has 1 aromatic rings. The molecule has 1 fully saturated rings. The first-order valence-corrected chi connectivity index (χ1v) is 5.99. The molecule has 0 amide bonds. The van der Waals surface area contributed by atoms with E-state index in [1.54, 1.807) is 0 Å². The van der Waals surface area contributed by atoms with Gasteiger partial charge in [-0.2, -0.15) is 5.10 Å². The minimum atomic E-state index is 0.282. The van der Waals surface area contributed by atoms with E-state index >= 15 is 0 Å². The molecule has 4 nitrogen and oxygen atoms in total. The number of aliphatic hydroxyl groups is 1. The molecule has 1 aliphatic heterocycles. The average molecular weight is 221 g/mol. The fourth-order valence-corrected chi connectivity index (χ4v) is 2.31. The summed E-state index contributed by atoms with van der Waals surface area (Å²) < 4.78 is 0. The monoisotopic (exact) mass is 221 g/mol. The Morgan fingerprint density at radius 2 is 2.31 bits per heavy atom. The minimum Gasteiger partial charge on any atom is -0.396 e. The van der Waals surface area contributed by atoms with Gasteiger partial charge in [-0.25, -0.2) is 0 Å². The van der Waals surface area contributed by atoms with E-state index in [1.165, 1.54) is 12.8 Å². The molecule has 0 saturated carbocycles. The lowest BCUT2D eigenvalue weighted by Gasteiger charge is -2.25. The molecule has 88 valence electrons. The SMILES string of the molecule is Cc1ccc(N2CCCC2CCCO)nn1. The summed E-state index contributed by atoms with van der Waals surface area (Å²) in [5, 5.41) is 17.2. The van der Waals surface area contributed by atoms with Crippen molar-refractivity contribution in [3.63, 3.8) is 0 Å². The number of aliphatic hydroxyl groups excluding tert-OH is 1. The molecule has 0 spiro atoms. The molecule has 2 heterocycles. The van der Waals surface area contributed by atoms with Crippen LogP contribution < -0.4 is 4.90 Å². The second kappa shape index (κ2) is 5.25. The quantitative estimate of drug-likeness (QED) is 0.837. The van der Waals surface area contributed by atoms with Gasteiger partial charge in [-0.1, -0.05) is 0 Å². The molecule has 2 rings (SSSR count). The number of hydrogen-bond acceptors (Lipinski definition) is 4. The fourth-order valence-electron chi connectivity index (χ4n) is 2.31. The molecule has 1 unspecified atom stereocenters. The normalized spacial score (nSPS) is 20.4. The van der Waals surface area contributed by atoms with E-state index < -0.39 is 0 Å². The fraction of sp³-hybridized carbons (Fsp3) is 0.667. The first-order valence-electron chi connectivity index (χ1n) is 5.99. The van der Waals surface area contributed by atoms with Crippen molar-refractivity contribution in [2.75, 3.05) is 18.1 Å². The molecule has 0 radical (unpaired) electrons. The first kappa shape index (κ1) is 11.3. The van der Waals surface area contributed by atoms with Gasteiger partial charge in [0.15, 0.2) is 5.82 Å². The van der Waals surface area contributed by atoms with Crippen LogP contribution >= 0.6 is 0 Å². The molecule has 0 bridgehead atoms. The zero-order valence-corrected chi connectivity index (χ0v) is 9.76. The topological polar surface area (TPSA) is 49.2 Å². The highest BCUT2D eigenvalue weighted by Gasteiger charge is 2.25. The number of rotatable bonds is 4. The third-order valence-electron chi connectivity index (χ3n) is 3.15. The van der Waals surface area contributed by atoms with E-state index in [1.807, 2.05) is 19.1 Å². The van der Waals surface area contributed by atoms with Crippen LogP contribution in [0.1, 0.15) is 31.4 Å². The maximum atomic E-state index is 8.87. The van der Waals surface area contributed by atoms with Crippen LogP contribution in [0.5, 0.6) is 0 Å². The Labute approximate surface area is 96.3 Å². The highest BCUT2D eigenvalue weighted by Crippen LogP contribution is 2.25. The van der Waals surface area contributed by atoms with Crippen LogP contribution in [-0.4, -0.2) is 34.5 Å². The van der Waals surface area contributed by atoms with Crippen molar-refractivity contribution in [1.82, 2.24) is 10.2 Å². The summed E-state index contributed by atoms with van der Waals surface area (Å²) in [6.45, 7) is 3.29. The maximum absolute atomic E-state index is 8.87. The minimum absolute atomic E-state index is 0.282. The number of hydrogen-bond donors (Lipinski definition) is 1. The predicted molar refractivity (Wildman–Crippen MR) is 63.5 cm³/mol. The van der Waals surface area contributed by atoms with Crippen molar-refractivity contribution in [2.45, 2.75) is 38.6 Å². The molecular formula is C12H19N3O. The number of anilines is 1. The van der Waals surface area contributed by atoms with Crippen LogP contribution in [0.25, 0.3) is 0 Å². The molecule has 1 atom stereocenters. The van der Waals surface area contributed by atoms with Crippen molar-refractivity contribution in [3.05, 3.63) is 17.8 Å². The number of nitrogens with zero attached hydrogens (tertiary/aromatic N) is 3. The van der Waals surface area contributed by atoms with Crippen molar-refractivity contribution in [2.24, 2.45) is 0 Å². The number of aromatic nitrogens is 2. The van der Waals surface area contributed by atoms with Gasteiger partial charge in [0.1, 0.15) is 0 Å². The Kier molecular flexibility index (Phi) is 3.72. The smallest absolute Gasteiger partial charge is 0.151 e. The van der Waals surface area contributed by atoms with Gasteiger partial charge in [-0.3, -0.25) is 0 Å². The van der Waals surface area contributed by atoms with E-state index in [0.29, 0.717) is 6.04 Å². The van der Waals surface area contributed by atoms with Crippen LogP contribution in [0.15, 0.2) is 12.1 Å². The highest BCUT2D eigenvalue weighted by atomic mass is 16.2. The lowest BCUT2D eigenvalue weighted by Crippen LogP contribution is -2.30. The Morgan fingerprint density at radius 1 is 1.44 bits per heavy atom. The van der Waals surface area contributed by atoms with Crippen molar-refractivity contribution in [1.29, 1.82) is 0 Å². The Bertz CT molecular complexity index is 326. The lowest BCUT2D eigenvalue weighted by atomic mass is 10.1. The van der Waals surface area contributed by atoms with E-state index in [4.69, 9.17) is 5.11 Å². The van der Waals surface area contributed by atoms with Gasteiger partial charge in [0.05, 0.1) is 5.69 Å². The van der Waals surface area contributed by atoms with Gasteiger partial charge in [0, 0.05) is 19.2 Å². The summed E-state index contributed by atoms with van der Waals surface area (Å²) in [7, 11) is 0. The summed E-state index contributed by atoms with van der Waals surface area (Å²) in [6, 6.07) is 4.58. The Balaban J connectivity index is 2.04. The van der Waals surface area contributed by atoms with Gasteiger partial charge in [-0.05, 0) is 44.7 Å². The molecule has 1 N–H and O–H groups in total. The maximum Gasteiger partial charge on any atom is 0.151 e. The molecule has 1 saturated heterocycles. The van der Waals surface area contributed by atoms with Gasteiger partial charge in [0.2, 0.25) is 0 Å². The van der Waals surface area contributed by atoms with Crippen LogP contribution in [0.4, 0.5) is 5.82 Å². The summed E-state index contributed by atoms with van der Waals surface area (Å²) in [5.74, 6) is 0.978. The zero-order chi connectivity index (χ0) is 11.4. The molecule has 4 heteroatoms. The second-order valence-corrected chi connectivity index (χ2v) is 4.39. The van der Waals surface area contributed by atoms with E-state index in [9.17, 15) is 0 Å². The van der Waals surface area contributed by atoms with Crippen LogP contribution in [0.3, 0.4) is 0 Å². The number of aryl methyl sites for hydroxylation is 1. The van der Waals surface area contributed by atoms with Crippen molar-refractivity contribution in [3.8, 4) is 0 Å². The zero-order valence-electron chi connectivity index (χ0n) is 9.76. The van der Waals surface area contributed by atoms with E-state index in [2.05, 4.69) is 15.1 Å². The lowest BCUT2D eigenvalue weighted by molar-refractivity contribution is 0.279. The van der Waals surface area contributed by atoms with E-state index in [0.717, 1.165) is 30.9 Å². The summed E-state index contributed by atoms with van der Waals surface area (Å²) in [4.78, 5) is 2.32. The largest absolute Gasteiger partial charge is 0.396 e. The summed E-state index contributed by atoms with van der Waals surface area (Å²) >= 11 is 0. The van der Waals surface area contributed by atoms with Crippen molar-refractivity contribution >= 4 is 5.82 Å². The Hall–Kier alpha value is -1.16. The molecule has 0 aromatic carbocycles. The van der Waals surface area contributed by atoms with Crippen LogP contribution in [0.2, 0.25) is 0 Å². The molecule has 1 aromatic heterocycles. The summed E-state index contributed by atoms with van der Waals surface area (Å²) in [5.41, 5.74) is 0.954. The van der Waals surface area contributed by atoms with Crippen LogP contribution in [-0.2, 0) is 0 Å². The summed E-state index contributed by atoms with van der Waals surface area (Å²) in [6.07, 6.45) is 4.34. The third kappa shape index (κ3) is 2.50. The molecular weight excluding hydrogens is 202 g/mol. The van der Waals surface area contributed by atoms with Gasteiger partial charge < -0.3 is 10.0 Å². The average Bonchev–Trinajstić information content (AvgIpc) is 2.75.